The molecule has 0 atom stereocenters. The van der Waals surface area contributed by atoms with E-state index in [0.717, 1.165) is 28.2 Å². The van der Waals surface area contributed by atoms with Crippen LogP contribution in [0.4, 0.5) is 5.69 Å². The minimum absolute atomic E-state index is 0.0264. The first-order valence-electron chi connectivity index (χ1n) is 7.01. The maximum Gasteiger partial charge on any atom is 0.250 e. The molecular formula is C17H17N3O2. The van der Waals surface area contributed by atoms with Crippen molar-refractivity contribution in [3.63, 3.8) is 0 Å². The summed E-state index contributed by atoms with van der Waals surface area (Å²) in [6.45, 7) is 2.05. The van der Waals surface area contributed by atoms with E-state index in [1.807, 2.05) is 60.1 Å². The van der Waals surface area contributed by atoms with Crippen LogP contribution in [0, 0.1) is 6.92 Å². The third-order valence-electron chi connectivity index (χ3n) is 3.43. The topological polar surface area (TPSA) is 55.6 Å². The zero-order valence-electron chi connectivity index (χ0n) is 12.5. The number of carbonyl (C=O) groups is 1. The zero-order valence-corrected chi connectivity index (χ0v) is 12.5. The van der Waals surface area contributed by atoms with Gasteiger partial charge in [-0.3, -0.25) is 4.79 Å². The lowest BCUT2D eigenvalue weighted by molar-refractivity contribution is -0.119. The molecule has 2 aromatic heterocycles. The molecule has 0 aliphatic carbocycles. The van der Waals surface area contributed by atoms with Crippen LogP contribution >= 0.6 is 0 Å². The Morgan fingerprint density at radius 1 is 1.27 bits per heavy atom. The van der Waals surface area contributed by atoms with E-state index in [4.69, 9.17) is 4.74 Å². The minimum Gasteiger partial charge on any atom is -0.375 e. The van der Waals surface area contributed by atoms with Crippen molar-refractivity contribution in [2.75, 3.05) is 19.0 Å². The van der Waals surface area contributed by atoms with E-state index >= 15 is 0 Å². The van der Waals surface area contributed by atoms with Crippen molar-refractivity contribution in [3.05, 3.63) is 54.4 Å². The second-order valence-electron chi connectivity index (χ2n) is 5.07. The molecule has 0 spiro atoms. The molecule has 1 aromatic carbocycles. The second kappa shape index (κ2) is 5.99. The smallest absolute Gasteiger partial charge is 0.250 e. The molecule has 0 radical (unpaired) electrons. The van der Waals surface area contributed by atoms with Gasteiger partial charge in [-0.05, 0) is 24.6 Å². The quantitative estimate of drug-likeness (QED) is 0.805. The number of methoxy groups -OCH3 is 1. The number of imidazole rings is 1. The number of hydrogen-bond donors (Lipinski definition) is 1. The summed E-state index contributed by atoms with van der Waals surface area (Å²) >= 11 is 0. The fourth-order valence-corrected chi connectivity index (χ4v) is 2.42. The molecule has 0 aliphatic rings. The van der Waals surface area contributed by atoms with E-state index in [1.54, 1.807) is 0 Å². The number of anilines is 1. The third-order valence-corrected chi connectivity index (χ3v) is 3.43. The molecular weight excluding hydrogens is 278 g/mol. The highest BCUT2D eigenvalue weighted by atomic mass is 16.5. The predicted octanol–water partition coefficient (Wildman–Crippen LogP) is 2.89. The molecule has 2 heterocycles. The highest BCUT2D eigenvalue weighted by Gasteiger charge is 2.11. The van der Waals surface area contributed by atoms with Gasteiger partial charge in [0.2, 0.25) is 5.91 Å². The number of carbonyl (C=O) groups excluding carboxylic acids is 1. The van der Waals surface area contributed by atoms with Gasteiger partial charge in [0.15, 0.2) is 0 Å². The number of pyridine rings is 1. The number of amides is 1. The van der Waals surface area contributed by atoms with Crippen LogP contribution < -0.4 is 5.32 Å². The number of benzene rings is 1. The standard InChI is InChI=1S/C17H17N3O2/c1-12-6-5-9-20-10-15(19-17(12)20)13-7-3-4-8-14(13)18-16(21)11-22-2/h3-10H,11H2,1-2H3,(H,18,21). The number of hydrogen-bond acceptors (Lipinski definition) is 3. The van der Waals surface area contributed by atoms with Gasteiger partial charge in [-0.1, -0.05) is 24.3 Å². The van der Waals surface area contributed by atoms with Crippen molar-refractivity contribution in [2.24, 2.45) is 0 Å². The predicted molar refractivity (Wildman–Crippen MR) is 85.9 cm³/mol. The molecule has 0 aliphatic heterocycles. The van der Waals surface area contributed by atoms with Crippen LogP contribution in [0.1, 0.15) is 5.56 Å². The molecule has 1 amide bonds. The Morgan fingerprint density at radius 2 is 2.09 bits per heavy atom. The van der Waals surface area contributed by atoms with Crippen molar-refractivity contribution >= 4 is 17.2 Å². The number of nitrogens with one attached hydrogen (secondary N) is 1. The van der Waals surface area contributed by atoms with E-state index in [2.05, 4.69) is 10.3 Å². The van der Waals surface area contributed by atoms with Crippen LogP contribution in [0.3, 0.4) is 0 Å². The first-order chi connectivity index (χ1) is 10.7. The Labute approximate surface area is 128 Å². The summed E-state index contributed by atoms with van der Waals surface area (Å²) < 4.78 is 6.84. The monoisotopic (exact) mass is 295 g/mol. The molecule has 0 bridgehead atoms. The Balaban J connectivity index is 2.03. The average molecular weight is 295 g/mol. The SMILES string of the molecule is COCC(=O)Nc1ccccc1-c1cn2cccc(C)c2n1. The van der Waals surface area contributed by atoms with Crippen LogP contribution in [0.25, 0.3) is 16.9 Å². The van der Waals surface area contributed by atoms with Gasteiger partial charge in [0.25, 0.3) is 0 Å². The third kappa shape index (κ3) is 2.71. The molecule has 3 aromatic rings. The van der Waals surface area contributed by atoms with E-state index < -0.39 is 0 Å². The number of ether oxygens (including phenoxy) is 1. The van der Waals surface area contributed by atoms with E-state index in [1.165, 1.54) is 7.11 Å². The van der Waals surface area contributed by atoms with E-state index in [-0.39, 0.29) is 12.5 Å². The van der Waals surface area contributed by atoms with Crippen LogP contribution in [0.5, 0.6) is 0 Å². The summed E-state index contributed by atoms with van der Waals surface area (Å²) in [5, 5.41) is 2.86. The van der Waals surface area contributed by atoms with Crippen LogP contribution in [0.2, 0.25) is 0 Å². The minimum atomic E-state index is -0.185. The van der Waals surface area contributed by atoms with Crippen LogP contribution in [-0.4, -0.2) is 29.0 Å². The first kappa shape index (κ1) is 14.3. The van der Waals surface area contributed by atoms with Gasteiger partial charge in [0, 0.05) is 25.1 Å². The Morgan fingerprint density at radius 3 is 2.86 bits per heavy atom. The lowest BCUT2D eigenvalue weighted by Crippen LogP contribution is -2.17. The van der Waals surface area contributed by atoms with Crippen molar-refractivity contribution in [1.82, 2.24) is 9.38 Å². The van der Waals surface area contributed by atoms with E-state index in [9.17, 15) is 4.79 Å². The van der Waals surface area contributed by atoms with Gasteiger partial charge < -0.3 is 14.5 Å². The second-order valence-corrected chi connectivity index (χ2v) is 5.07. The number of nitrogens with zero attached hydrogens (tertiary/aromatic N) is 2. The maximum absolute atomic E-state index is 11.8. The van der Waals surface area contributed by atoms with E-state index in [0.29, 0.717) is 0 Å². The van der Waals surface area contributed by atoms with Crippen molar-refractivity contribution in [3.8, 4) is 11.3 Å². The summed E-state index contributed by atoms with van der Waals surface area (Å²) in [6.07, 6.45) is 3.93. The lowest BCUT2D eigenvalue weighted by Gasteiger charge is -2.08. The van der Waals surface area contributed by atoms with Gasteiger partial charge in [0.05, 0.1) is 11.4 Å². The normalized spacial score (nSPS) is 10.8. The molecule has 5 heteroatoms. The molecule has 5 nitrogen and oxygen atoms in total. The Kier molecular flexibility index (Phi) is 3.89. The molecule has 0 saturated carbocycles. The molecule has 0 unspecified atom stereocenters. The van der Waals surface area contributed by atoms with Gasteiger partial charge in [-0.25, -0.2) is 4.98 Å². The maximum atomic E-state index is 11.8. The first-order valence-corrected chi connectivity index (χ1v) is 7.01. The highest BCUT2D eigenvalue weighted by Crippen LogP contribution is 2.27. The van der Waals surface area contributed by atoms with Crippen LogP contribution in [-0.2, 0) is 9.53 Å². The molecule has 112 valence electrons. The lowest BCUT2D eigenvalue weighted by atomic mass is 10.1. The molecule has 22 heavy (non-hydrogen) atoms. The molecule has 0 saturated heterocycles. The zero-order chi connectivity index (χ0) is 15.5. The van der Waals surface area contributed by atoms with Crippen molar-refractivity contribution < 1.29 is 9.53 Å². The van der Waals surface area contributed by atoms with Crippen LogP contribution in [0.15, 0.2) is 48.8 Å². The average Bonchev–Trinajstić information content (AvgIpc) is 2.93. The molecule has 0 fully saturated rings. The fraction of sp³-hybridized carbons (Fsp3) is 0.176. The van der Waals surface area contributed by atoms with Crippen molar-refractivity contribution in [2.45, 2.75) is 6.92 Å². The summed E-state index contributed by atoms with van der Waals surface area (Å²) in [7, 11) is 1.50. The fourth-order valence-electron chi connectivity index (χ4n) is 2.42. The van der Waals surface area contributed by atoms with Gasteiger partial charge in [-0.2, -0.15) is 0 Å². The summed E-state index contributed by atoms with van der Waals surface area (Å²) in [5.74, 6) is -0.185. The summed E-state index contributed by atoms with van der Waals surface area (Å²) in [4.78, 5) is 16.4. The Hall–Kier alpha value is -2.66. The van der Waals surface area contributed by atoms with Gasteiger partial charge in [0.1, 0.15) is 12.3 Å². The summed E-state index contributed by atoms with van der Waals surface area (Å²) in [5.41, 5.74) is 4.45. The van der Waals surface area contributed by atoms with Gasteiger partial charge >= 0.3 is 0 Å². The summed E-state index contributed by atoms with van der Waals surface area (Å²) in [6, 6.07) is 11.6. The number of fused-ring (bicyclic) bond motifs is 1. The van der Waals surface area contributed by atoms with Gasteiger partial charge in [-0.15, -0.1) is 0 Å². The Bertz CT molecular complexity index is 824. The van der Waals surface area contributed by atoms with Crippen molar-refractivity contribution in [1.29, 1.82) is 0 Å². The molecule has 3 rings (SSSR count). The number of rotatable bonds is 4. The molecule has 1 N–H and O–H groups in total. The largest absolute Gasteiger partial charge is 0.375 e. The number of aromatic nitrogens is 2. The number of aryl methyl sites for hydroxylation is 1. The highest BCUT2D eigenvalue weighted by molar-refractivity contribution is 5.95. The number of para-hydroxylation sites is 1.